The zero-order valence-corrected chi connectivity index (χ0v) is 12.7. The van der Waals surface area contributed by atoms with Gasteiger partial charge in [-0.2, -0.15) is 0 Å². The van der Waals surface area contributed by atoms with Crippen LogP contribution in [0.15, 0.2) is 35.7 Å². The number of carboxylic acids is 1. The van der Waals surface area contributed by atoms with E-state index >= 15 is 0 Å². The highest BCUT2D eigenvalue weighted by Crippen LogP contribution is 2.27. The summed E-state index contributed by atoms with van der Waals surface area (Å²) in [5, 5.41) is 14.5. The van der Waals surface area contributed by atoms with E-state index in [9.17, 15) is 9.59 Å². The van der Waals surface area contributed by atoms with Crippen molar-refractivity contribution in [2.45, 2.75) is 25.3 Å². The summed E-state index contributed by atoms with van der Waals surface area (Å²) in [5.41, 5.74) is 1.32. The molecule has 0 saturated heterocycles. The van der Waals surface area contributed by atoms with Crippen LogP contribution in [-0.2, 0) is 4.79 Å². The van der Waals surface area contributed by atoms with E-state index in [2.05, 4.69) is 10.3 Å². The number of carboxylic acid groups (broad SMARTS) is 1. The Balaban J connectivity index is 1.71. The van der Waals surface area contributed by atoms with Crippen LogP contribution in [0.3, 0.4) is 0 Å². The zero-order valence-electron chi connectivity index (χ0n) is 11.9. The Morgan fingerprint density at radius 2 is 2.00 bits per heavy atom. The number of hydrogen-bond donors (Lipinski definition) is 2. The second-order valence-electron chi connectivity index (χ2n) is 5.36. The van der Waals surface area contributed by atoms with Crippen LogP contribution < -0.4 is 5.32 Å². The van der Waals surface area contributed by atoms with Gasteiger partial charge in [0, 0.05) is 17.0 Å². The van der Waals surface area contributed by atoms with Crippen molar-refractivity contribution in [1.29, 1.82) is 0 Å². The summed E-state index contributed by atoms with van der Waals surface area (Å²) < 4.78 is 0. The third kappa shape index (κ3) is 3.01. The lowest BCUT2D eigenvalue weighted by Crippen LogP contribution is -2.40. The predicted octanol–water partition coefficient (Wildman–Crippen LogP) is 2.79. The molecule has 1 aliphatic carbocycles. The van der Waals surface area contributed by atoms with Crippen molar-refractivity contribution in [1.82, 2.24) is 10.3 Å². The minimum Gasteiger partial charge on any atom is -0.481 e. The topological polar surface area (TPSA) is 79.3 Å². The molecule has 1 saturated carbocycles. The molecule has 1 aromatic carbocycles. The van der Waals surface area contributed by atoms with Crippen molar-refractivity contribution in [3.05, 3.63) is 41.4 Å². The molecule has 3 rings (SSSR count). The molecule has 6 heteroatoms. The lowest BCUT2D eigenvalue weighted by Gasteiger charge is -2.16. The van der Waals surface area contributed by atoms with Gasteiger partial charge in [-0.15, -0.1) is 11.3 Å². The molecule has 0 unspecified atom stereocenters. The minimum atomic E-state index is -0.842. The van der Waals surface area contributed by atoms with Crippen LogP contribution in [0.5, 0.6) is 0 Å². The van der Waals surface area contributed by atoms with Gasteiger partial charge in [0.2, 0.25) is 0 Å². The summed E-state index contributed by atoms with van der Waals surface area (Å²) in [6.07, 6.45) is 2.15. The third-order valence-corrected chi connectivity index (χ3v) is 4.80. The first-order valence-electron chi connectivity index (χ1n) is 7.20. The van der Waals surface area contributed by atoms with Gasteiger partial charge < -0.3 is 10.4 Å². The summed E-state index contributed by atoms with van der Waals surface area (Å²) in [5.74, 6) is -1.63. The van der Waals surface area contributed by atoms with Crippen LogP contribution in [0.1, 0.15) is 29.8 Å². The molecule has 0 aliphatic heterocycles. The third-order valence-electron chi connectivity index (χ3n) is 3.91. The highest BCUT2D eigenvalue weighted by atomic mass is 32.1. The predicted molar refractivity (Wildman–Crippen MR) is 83.8 cm³/mol. The molecule has 2 N–H and O–H groups in total. The molecule has 1 aromatic heterocycles. The maximum atomic E-state index is 12.3. The molecule has 1 fully saturated rings. The SMILES string of the molecule is O=C(N[C@H]1CCC[C@H]1C(=O)O)c1csc(-c2ccccc2)n1. The lowest BCUT2D eigenvalue weighted by molar-refractivity contribution is -0.142. The Morgan fingerprint density at radius 1 is 1.23 bits per heavy atom. The second-order valence-corrected chi connectivity index (χ2v) is 6.22. The number of hydrogen-bond acceptors (Lipinski definition) is 4. The Labute approximate surface area is 132 Å². The maximum absolute atomic E-state index is 12.3. The van der Waals surface area contributed by atoms with Gasteiger partial charge in [0.15, 0.2) is 0 Å². The van der Waals surface area contributed by atoms with Crippen LogP contribution in [-0.4, -0.2) is 28.0 Å². The number of carbonyl (C=O) groups is 2. The van der Waals surface area contributed by atoms with Crippen LogP contribution >= 0.6 is 11.3 Å². The van der Waals surface area contributed by atoms with Crippen LogP contribution in [0, 0.1) is 5.92 Å². The van der Waals surface area contributed by atoms with E-state index in [1.165, 1.54) is 11.3 Å². The number of nitrogens with zero attached hydrogens (tertiary/aromatic N) is 1. The smallest absolute Gasteiger partial charge is 0.308 e. The number of carbonyl (C=O) groups excluding carboxylic acids is 1. The molecule has 0 spiro atoms. The highest BCUT2D eigenvalue weighted by Gasteiger charge is 2.34. The molecule has 5 nitrogen and oxygen atoms in total. The maximum Gasteiger partial charge on any atom is 0.308 e. The van der Waals surface area contributed by atoms with Gasteiger partial charge in [0.1, 0.15) is 10.7 Å². The summed E-state index contributed by atoms with van der Waals surface area (Å²) >= 11 is 1.41. The van der Waals surface area contributed by atoms with Crippen molar-refractivity contribution in [2.24, 2.45) is 5.92 Å². The summed E-state index contributed by atoms with van der Waals surface area (Å²) in [4.78, 5) is 27.8. The Kier molecular flexibility index (Phi) is 4.20. The van der Waals surface area contributed by atoms with Crippen LogP contribution in [0.2, 0.25) is 0 Å². The van der Waals surface area contributed by atoms with E-state index in [1.54, 1.807) is 5.38 Å². The van der Waals surface area contributed by atoms with E-state index in [4.69, 9.17) is 5.11 Å². The second kappa shape index (κ2) is 6.27. The van der Waals surface area contributed by atoms with E-state index in [-0.39, 0.29) is 11.9 Å². The molecule has 2 aromatic rings. The van der Waals surface area contributed by atoms with Crippen LogP contribution in [0.4, 0.5) is 0 Å². The Bertz CT molecular complexity index is 684. The molecule has 0 bridgehead atoms. The van der Waals surface area contributed by atoms with Gasteiger partial charge in [0.05, 0.1) is 5.92 Å². The molecule has 2 atom stereocenters. The number of rotatable bonds is 4. The van der Waals surface area contributed by atoms with Crippen molar-refractivity contribution < 1.29 is 14.7 Å². The van der Waals surface area contributed by atoms with Crippen molar-refractivity contribution in [2.75, 3.05) is 0 Å². The van der Waals surface area contributed by atoms with Gasteiger partial charge in [-0.25, -0.2) is 4.98 Å². The number of aromatic nitrogens is 1. The molecule has 1 amide bonds. The summed E-state index contributed by atoms with van der Waals surface area (Å²) in [7, 11) is 0. The van der Waals surface area contributed by atoms with Crippen molar-refractivity contribution in [3.8, 4) is 10.6 Å². The monoisotopic (exact) mass is 316 g/mol. The molecule has 114 valence electrons. The molecule has 0 radical (unpaired) electrons. The number of aliphatic carboxylic acids is 1. The number of amides is 1. The van der Waals surface area contributed by atoms with Gasteiger partial charge in [-0.1, -0.05) is 36.8 Å². The zero-order chi connectivity index (χ0) is 15.5. The Hall–Kier alpha value is -2.21. The average molecular weight is 316 g/mol. The van der Waals surface area contributed by atoms with Crippen molar-refractivity contribution in [3.63, 3.8) is 0 Å². The molecular formula is C16H16N2O3S. The molecule has 1 heterocycles. The first kappa shape index (κ1) is 14.7. The number of nitrogens with one attached hydrogen (secondary N) is 1. The fraction of sp³-hybridized carbons (Fsp3) is 0.312. The molecule has 1 aliphatic rings. The molecule has 22 heavy (non-hydrogen) atoms. The average Bonchev–Trinajstić information content (AvgIpc) is 3.17. The van der Waals surface area contributed by atoms with E-state index in [0.717, 1.165) is 17.0 Å². The lowest BCUT2D eigenvalue weighted by atomic mass is 10.0. The first-order valence-corrected chi connectivity index (χ1v) is 8.08. The quantitative estimate of drug-likeness (QED) is 0.909. The first-order chi connectivity index (χ1) is 10.6. The van der Waals surface area contributed by atoms with E-state index in [1.807, 2.05) is 30.3 Å². The molecular weight excluding hydrogens is 300 g/mol. The minimum absolute atomic E-state index is 0.295. The van der Waals surface area contributed by atoms with Gasteiger partial charge >= 0.3 is 5.97 Å². The standard InChI is InChI=1S/C16H16N2O3S/c19-14(17-12-8-4-7-11(12)16(20)21)13-9-22-15(18-13)10-5-2-1-3-6-10/h1-3,5-6,9,11-12H,4,7-8H2,(H,17,19)(H,20,21)/t11-,12+/m1/s1. The van der Waals surface area contributed by atoms with Gasteiger partial charge in [-0.05, 0) is 12.8 Å². The van der Waals surface area contributed by atoms with Crippen LogP contribution in [0.25, 0.3) is 10.6 Å². The normalized spacial score (nSPS) is 20.7. The largest absolute Gasteiger partial charge is 0.481 e. The summed E-state index contributed by atoms with van der Waals surface area (Å²) in [6.45, 7) is 0. The fourth-order valence-electron chi connectivity index (χ4n) is 2.76. The number of benzene rings is 1. The van der Waals surface area contributed by atoms with E-state index in [0.29, 0.717) is 18.5 Å². The number of thiazole rings is 1. The van der Waals surface area contributed by atoms with Gasteiger partial charge in [-0.3, -0.25) is 9.59 Å². The van der Waals surface area contributed by atoms with Crippen molar-refractivity contribution >= 4 is 23.2 Å². The summed E-state index contributed by atoms with van der Waals surface area (Å²) in [6, 6.07) is 9.36. The highest BCUT2D eigenvalue weighted by molar-refractivity contribution is 7.13. The van der Waals surface area contributed by atoms with Gasteiger partial charge in [0.25, 0.3) is 5.91 Å². The fourth-order valence-corrected chi connectivity index (χ4v) is 3.57. The Morgan fingerprint density at radius 3 is 2.73 bits per heavy atom. The van der Waals surface area contributed by atoms with E-state index < -0.39 is 11.9 Å².